The molecule has 7 heteroatoms. The highest BCUT2D eigenvalue weighted by molar-refractivity contribution is 5.79. The van der Waals surface area contributed by atoms with Crippen LogP contribution in [0.3, 0.4) is 0 Å². The number of halogens is 1. The lowest BCUT2D eigenvalue weighted by molar-refractivity contribution is 0.122. The maximum Gasteiger partial charge on any atom is 0.151 e. The summed E-state index contributed by atoms with van der Waals surface area (Å²) in [6, 6.07) is 7.93. The molecule has 1 saturated heterocycles. The Labute approximate surface area is 127 Å². The predicted octanol–water partition coefficient (Wildman–Crippen LogP) is 1.90. The van der Waals surface area contributed by atoms with Crippen LogP contribution in [-0.4, -0.2) is 42.5 Å². The fourth-order valence-corrected chi connectivity index (χ4v) is 2.10. The van der Waals surface area contributed by atoms with E-state index in [4.69, 9.17) is 4.74 Å². The Kier molecular flexibility index (Phi) is 4.55. The number of hydrogen-bond donors (Lipinski definition) is 1. The van der Waals surface area contributed by atoms with Crippen LogP contribution in [0.25, 0.3) is 0 Å². The highest BCUT2D eigenvalue weighted by Gasteiger charge is 2.12. The van der Waals surface area contributed by atoms with Crippen LogP contribution in [0.1, 0.15) is 5.56 Å². The van der Waals surface area contributed by atoms with Crippen LogP contribution in [-0.2, 0) is 4.74 Å². The Bertz CT molecular complexity index is 641. The average Bonchev–Trinajstić information content (AvgIpc) is 2.58. The van der Waals surface area contributed by atoms with Gasteiger partial charge < -0.3 is 9.64 Å². The first kappa shape index (κ1) is 14.4. The monoisotopic (exact) mass is 301 g/mol. The summed E-state index contributed by atoms with van der Waals surface area (Å²) in [5.74, 6) is 1.18. The van der Waals surface area contributed by atoms with Gasteiger partial charge in [0, 0.05) is 19.2 Å². The lowest BCUT2D eigenvalue weighted by Crippen LogP contribution is -2.36. The molecule has 2 heterocycles. The molecule has 1 aromatic heterocycles. The molecule has 0 atom stereocenters. The number of benzene rings is 1. The molecule has 22 heavy (non-hydrogen) atoms. The SMILES string of the molecule is Fc1ccc(/C=N/Nc2cc(N3CCOCC3)ncn2)cc1. The molecule has 0 aliphatic carbocycles. The number of nitrogens with zero attached hydrogens (tertiary/aromatic N) is 4. The predicted molar refractivity (Wildman–Crippen MR) is 82.7 cm³/mol. The van der Waals surface area contributed by atoms with Crippen molar-refractivity contribution in [2.24, 2.45) is 5.10 Å². The lowest BCUT2D eigenvalue weighted by atomic mass is 10.2. The molecule has 0 radical (unpaired) electrons. The summed E-state index contributed by atoms with van der Waals surface area (Å²) in [5.41, 5.74) is 3.66. The first-order valence-corrected chi connectivity index (χ1v) is 7.01. The quantitative estimate of drug-likeness (QED) is 0.690. The van der Waals surface area contributed by atoms with Crippen LogP contribution >= 0.6 is 0 Å². The average molecular weight is 301 g/mol. The van der Waals surface area contributed by atoms with Gasteiger partial charge >= 0.3 is 0 Å². The van der Waals surface area contributed by atoms with E-state index in [-0.39, 0.29) is 5.82 Å². The Hall–Kier alpha value is -2.54. The van der Waals surface area contributed by atoms with Crippen molar-refractivity contribution in [3.8, 4) is 0 Å². The summed E-state index contributed by atoms with van der Waals surface area (Å²) in [6.07, 6.45) is 3.11. The van der Waals surface area contributed by atoms with Gasteiger partial charge in [-0.2, -0.15) is 5.10 Å². The van der Waals surface area contributed by atoms with Crippen LogP contribution in [0.2, 0.25) is 0 Å². The van der Waals surface area contributed by atoms with E-state index in [0.717, 1.165) is 24.5 Å². The van der Waals surface area contributed by atoms with Crippen LogP contribution < -0.4 is 10.3 Å². The van der Waals surface area contributed by atoms with Crippen molar-refractivity contribution >= 4 is 17.9 Å². The van der Waals surface area contributed by atoms with E-state index in [1.807, 2.05) is 6.07 Å². The second-order valence-corrected chi connectivity index (χ2v) is 4.78. The van der Waals surface area contributed by atoms with Gasteiger partial charge in [0.2, 0.25) is 0 Å². The minimum Gasteiger partial charge on any atom is -0.378 e. The maximum absolute atomic E-state index is 12.8. The van der Waals surface area contributed by atoms with Gasteiger partial charge in [0.1, 0.15) is 18.0 Å². The van der Waals surface area contributed by atoms with Crippen molar-refractivity contribution in [3.63, 3.8) is 0 Å². The third-order valence-electron chi connectivity index (χ3n) is 3.25. The van der Waals surface area contributed by atoms with Crippen molar-refractivity contribution < 1.29 is 9.13 Å². The zero-order chi connectivity index (χ0) is 15.2. The van der Waals surface area contributed by atoms with Crippen LogP contribution in [0.5, 0.6) is 0 Å². The highest BCUT2D eigenvalue weighted by atomic mass is 19.1. The van der Waals surface area contributed by atoms with Gasteiger partial charge in [-0.05, 0) is 17.7 Å². The van der Waals surface area contributed by atoms with Gasteiger partial charge in [-0.25, -0.2) is 14.4 Å². The number of hydrazone groups is 1. The Morgan fingerprint density at radius 2 is 1.95 bits per heavy atom. The molecule has 2 aromatic rings. The van der Waals surface area contributed by atoms with Crippen LogP contribution in [0.4, 0.5) is 16.0 Å². The largest absolute Gasteiger partial charge is 0.378 e. The summed E-state index contributed by atoms with van der Waals surface area (Å²) in [6.45, 7) is 3.04. The van der Waals surface area contributed by atoms with Crippen molar-refractivity contribution in [1.82, 2.24) is 9.97 Å². The van der Waals surface area contributed by atoms with E-state index < -0.39 is 0 Å². The van der Waals surface area contributed by atoms with E-state index in [9.17, 15) is 4.39 Å². The maximum atomic E-state index is 12.8. The molecule has 1 fully saturated rings. The van der Waals surface area contributed by atoms with Crippen molar-refractivity contribution in [2.75, 3.05) is 36.6 Å². The number of aromatic nitrogens is 2. The van der Waals surface area contributed by atoms with E-state index >= 15 is 0 Å². The standard InChI is InChI=1S/C15H16FN5O/c16-13-3-1-12(2-4-13)10-19-20-14-9-15(18-11-17-14)21-5-7-22-8-6-21/h1-4,9-11H,5-8H2,(H,17,18,20)/b19-10+. The van der Waals surface area contributed by atoms with E-state index in [0.29, 0.717) is 19.0 Å². The van der Waals surface area contributed by atoms with Crippen molar-refractivity contribution in [2.45, 2.75) is 0 Å². The van der Waals surface area contributed by atoms with E-state index in [1.165, 1.54) is 18.5 Å². The van der Waals surface area contributed by atoms with E-state index in [1.54, 1.807) is 18.3 Å². The second-order valence-electron chi connectivity index (χ2n) is 4.78. The Morgan fingerprint density at radius 3 is 2.73 bits per heavy atom. The molecular formula is C15H16FN5O. The minimum atomic E-state index is -0.268. The molecule has 3 rings (SSSR count). The number of hydrogen-bond acceptors (Lipinski definition) is 6. The molecule has 1 N–H and O–H groups in total. The number of ether oxygens (including phenoxy) is 1. The summed E-state index contributed by atoms with van der Waals surface area (Å²) in [7, 11) is 0. The van der Waals surface area contributed by atoms with Gasteiger partial charge in [-0.1, -0.05) is 12.1 Å². The first-order valence-electron chi connectivity index (χ1n) is 7.01. The fraction of sp³-hybridized carbons (Fsp3) is 0.267. The zero-order valence-electron chi connectivity index (χ0n) is 11.9. The van der Waals surface area contributed by atoms with Gasteiger partial charge in [0.25, 0.3) is 0 Å². The summed E-state index contributed by atoms with van der Waals surface area (Å²) in [4.78, 5) is 10.5. The number of rotatable bonds is 4. The molecule has 0 saturated carbocycles. The smallest absolute Gasteiger partial charge is 0.151 e. The van der Waals surface area contributed by atoms with Crippen LogP contribution in [0, 0.1) is 5.82 Å². The van der Waals surface area contributed by atoms with Gasteiger partial charge in [-0.3, -0.25) is 5.43 Å². The summed E-state index contributed by atoms with van der Waals surface area (Å²) < 4.78 is 18.1. The van der Waals surface area contributed by atoms with Gasteiger partial charge in [0.15, 0.2) is 5.82 Å². The Balaban J connectivity index is 1.63. The number of nitrogens with one attached hydrogen (secondary N) is 1. The number of anilines is 2. The third kappa shape index (κ3) is 3.76. The normalized spacial score (nSPS) is 15.2. The molecule has 0 spiro atoms. The summed E-state index contributed by atoms with van der Waals surface area (Å²) >= 11 is 0. The zero-order valence-corrected chi connectivity index (χ0v) is 11.9. The topological polar surface area (TPSA) is 62.6 Å². The fourth-order valence-electron chi connectivity index (χ4n) is 2.10. The molecule has 0 bridgehead atoms. The first-order chi connectivity index (χ1) is 10.8. The number of morpholine rings is 1. The molecular weight excluding hydrogens is 285 g/mol. The van der Waals surface area contributed by atoms with Crippen LogP contribution in [0.15, 0.2) is 41.8 Å². The van der Waals surface area contributed by atoms with Crippen molar-refractivity contribution in [1.29, 1.82) is 0 Å². The highest BCUT2D eigenvalue weighted by Crippen LogP contribution is 2.15. The molecule has 6 nitrogen and oxygen atoms in total. The molecule has 114 valence electrons. The molecule has 1 aromatic carbocycles. The lowest BCUT2D eigenvalue weighted by Gasteiger charge is -2.27. The summed E-state index contributed by atoms with van der Waals surface area (Å²) in [5, 5.41) is 4.10. The molecule has 0 unspecified atom stereocenters. The van der Waals surface area contributed by atoms with Gasteiger partial charge in [-0.15, -0.1) is 0 Å². The molecule has 0 amide bonds. The molecule has 1 aliphatic rings. The second kappa shape index (κ2) is 6.95. The van der Waals surface area contributed by atoms with E-state index in [2.05, 4.69) is 25.4 Å². The Morgan fingerprint density at radius 1 is 1.18 bits per heavy atom. The van der Waals surface area contributed by atoms with Crippen molar-refractivity contribution in [3.05, 3.63) is 48.0 Å². The third-order valence-corrected chi connectivity index (χ3v) is 3.25. The minimum absolute atomic E-state index is 0.268. The molecule has 1 aliphatic heterocycles. The van der Waals surface area contributed by atoms with Gasteiger partial charge in [0.05, 0.1) is 19.4 Å².